The molecule has 0 radical (unpaired) electrons. The van der Waals surface area contributed by atoms with Crippen molar-refractivity contribution in [1.29, 1.82) is 0 Å². The molecule has 0 aliphatic heterocycles. The molecule has 0 amide bonds. The van der Waals surface area contributed by atoms with Gasteiger partial charge in [-0.3, -0.25) is 0 Å². The molecule has 1 atom stereocenters. The summed E-state index contributed by atoms with van der Waals surface area (Å²) in [5.41, 5.74) is 0. The first-order valence-corrected chi connectivity index (χ1v) is 7.18. The van der Waals surface area contributed by atoms with Gasteiger partial charge in [-0.25, -0.2) is 0 Å². The Kier molecular flexibility index (Phi) is 4.56. The number of halogens is 1. The zero-order valence-corrected chi connectivity index (χ0v) is 10.8. The molecule has 1 unspecified atom stereocenters. The molecule has 1 aliphatic carbocycles. The molecule has 1 aromatic rings. The normalized spacial score (nSPS) is 18.9. The van der Waals surface area contributed by atoms with Crippen LogP contribution in [0.3, 0.4) is 0 Å². The highest BCUT2D eigenvalue weighted by molar-refractivity contribution is 7.99. The van der Waals surface area contributed by atoms with Crippen molar-refractivity contribution in [2.75, 3.05) is 5.75 Å². The number of hydrogen-bond acceptors (Lipinski definition) is 2. The van der Waals surface area contributed by atoms with Gasteiger partial charge < -0.3 is 5.11 Å². The molecule has 88 valence electrons. The lowest BCUT2D eigenvalue weighted by Crippen LogP contribution is -2.20. The average molecular weight is 257 g/mol. The van der Waals surface area contributed by atoms with Gasteiger partial charge in [0.25, 0.3) is 0 Å². The van der Waals surface area contributed by atoms with Crippen molar-refractivity contribution in [3.8, 4) is 0 Å². The van der Waals surface area contributed by atoms with Gasteiger partial charge in [0.05, 0.1) is 6.10 Å². The lowest BCUT2D eigenvalue weighted by molar-refractivity contribution is 0.133. The van der Waals surface area contributed by atoms with Crippen LogP contribution >= 0.6 is 23.4 Å². The number of hydrogen-bond donors (Lipinski definition) is 1. The van der Waals surface area contributed by atoms with Gasteiger partial charge in [0.1, 0.15) is 0 Å². The summed E-state index contributed by atoms with van der Waals surface area (Å²) in [6.45, 7) is 0. The molecular formula is C13H17ClOS. The Hall–Kier alpha value is -0.180. The molecule has 2 rings (SSSR count). The largest absolute Gasteiger partial charge is 0.392 e. The third-order valence-corrected chi connectivity index (χ3v) is 4.54. The van der Waals surface area contributed by atoms with Crippen molar-refractivity contribution >= 4 is 23.4 Å². The second-order valence-electron chi connectivity index (χ2n) is 4.38. The topological polar surface area (TPSA) is 20.2 Å². The zero-order valence-electron chi connectivity index (χ0n) is 9.23. The average Bonchev–Trinajstić information content (AvgIpc) is 2.81. The molecule has 1 saturated carbocycles. The molecule has 1 aromatic carbocycles. The SMILES string of the molecule is OC(CSc1ccc(Cl)cc1)C1CCCC1. The van der Waals surface area contributed by atoms with E-state index < -0.39 is 0 Å². The van der Waals surface area contributed by atoms with E-state index >= 15 is 0 Å². The predicted molar refractivity (Wildman–Crippen MR) is 70.1 cm³/mol. The van der Waals surface area contributed by atoms with Gasteiger partial charge in [-0.1, -0.05) is 24.4 Å². The first-order valence-electron chi connectivity index (χ1n) is 5.82. The number of aliphatic hydroxyl groups excluding tert-OH is 1. The van der Waals surface area contributed by atoms with Gasteiger partial charge in [-0.2, -0.15) is 0 Å². The van der Waals surface area contributed by atoms with Crippen molar-refractivity contribution in [2.45, 2.75) is 36.7 Å². The van der Waals surface area contributed by atoms with Crippen molar-refractivity contribution in [2.24, 2.45) is 5.92 Å². The van der Waals surface area contributed by atoms with Gasteiger partial charge in [-0.05, 0) is 43.0 Å². The second-order valence-corrected chi connectivity index (χ2v) is 5.91. The Morgan fingerprint density at radius 2 is 1.88 bits per heavy atom. The van der Waals surface area contributed by atoms with E-state index in [0.717, 1.165) is 10.8 Å². The zero-order chi connectivity index (χ0) is 11.4. The Labute approximate surface area is 106 Å². The van der Waals surface area contributed by atoms with Crippen molar-refractivity contribution < 1.29 is 5.11 Å². The van der Waals surface area contributed by atoms with Crippen LogP contribution in [0, 0.1) is 5.92 Å². The smallest absolute Gasteiger partial charge is 0.0662 e. The molecule has 0 saturated heterocycles. The summed E-state index contributed by atoms with van der Waals surface area (Å²) in [7, 11) is 0. The maximum atomic E-state index is 10.0. The molecule has 16 heavy (non-hydrogen) atoms. The summed E-state index contributed by atoms with van der Waals surface area (Å²) in [6.07, 6.45) is 4.81. The molecule has 1 N–H and O–H groups in total. The molecule has 0 bridgehead atoms. The monoisotopic (exact) mass is 256 g/mol. The summed E-state index contributed by atoms with van der Waals surface area (Å²) >= 11 is 7.53. The van der Waals surface area contributed by atoms with E-state index in [9.17, 15) is 5.11 Å². The Morgan fingerprint density at radius 3 is 2.50 bits per heavy atom. The number of rotatable bonds is 4. The van der Waals surface area contributed by atoms with Crippen LogP contribution in [0.1, 0.15) is 25.7 Å². The highest BCUT2D eigenvalue weighted by Gasteiger charge is 2.22. The third kappa shape index (κ3) is 3.41. The van der Waals surface area contributed by atoms with E-state index in [1.165, 1.54) is 30.6 Å². The first-order chi connectivity index (χ1) is 7.75. The van der Waals surface area contributed by atoms with Crippen LogP contribution in [-0.2, 0) is 0 Å². The summed E-state index contributed by atoms with van der Waals surface area (Å²) in [6, 6.07) is 7.81. The Balaban J connectivity index is 1.80. The van der Waals surface area contributed by atoms with Crippen molar-refractivity contribution in [3.05, 3.63) is 29.3 Å². The fourth-order valence-electron chi connectivity index (χ4n) is 2.19. The van der Waals surface area contributed by atoms with E-state index in [0.29, 0.717) is 5.92 Å². The highest BCUT2D eigenvalue weighted by atomic mass is 35.5. The van der Waals surface area contributed by atoms with Crippen molar-refractivity contribution in [1.82, 2.24) is 0 Å². The summed E-state index contributed by atoms with van der Waals surface area (Å²) in [5, 5.41) is 10.8. The number of benzene rings is 1. The van der Waals surface area contributed by atoms with E-state index in [4.69, 9.17) is 11.6 Å². The summed E-state index contributed by atoms with van der Waals surface area (Å²) in [5.74, 6) is 1.33. The van der Waals surface area contributed by atoms with Crippen LogP contribution in [0.4, 0.5) is 0 Å². The van der Waals surface area contributed by atoms with Gasteiger partial charge >= 0.3 is 0 Å². The van der Waals surface area contributed by atoms with Crippen molar-refractivity contribution in [3.63, 3.8) is 0 Å². The molecule has 0 heterocycles. The molecule has 1 aliphatic rings. The van der Waals surface area contributed by atoms with Gasteiger partial charge in [-0.15, -0.1) is 11.8 Å². The van der Waals surface area contributed by atoms with E-state index in [-0.39, 0.29) is 6.10 Å². The molecule has 0 spiro atoms. The molecule has 0 aromatic heterocycles. The van der Waals surface area contributed by atoms with Crippen LogP contribution in [0.15, 0.2) is 29.2 Å². The van der Waals surface area contributed by atoms with Crippen LogP contribution in [0.2, 0.25) is 5.02 Å². The minimum absolute atomic E-state index is 0.150. The second kappa shape index (κ2) is 5.95. The molecule has 1 nitrogen and oxygen atoms in total. The summed E-state index contributed by atoms with van der Waals surface area (Å²) in [4.78, 5) is 1.18. The van der Waals surface area contributed by atoms with E-state index in [1.807, 2.05) is 24.3 Å². The quantitative estimate of drug-likeness (QED) is 0.823. The summed E-state index contributed by atoms with van der Waals surface area (Å²) < 4.78 is 0. The molecular weight excluding hydrogens is 240 g/mol. The number of thioether (sulfide) groups is 1. The third-order valence-electron chi connectivity index (χ3n) is 3.18. The highest BCUT2D eigenvalue weighted by Crippen LogP contribution is 2.30. The lowest BCUT2D eigenvalue weighted by atomic mass is 10.0. The fourth-order valence-corrected chi connectivity index (χ4v) is 3.28. The van der Waals surface area contributed by atoms with Gasteiger partial charge in [0.15, 0.2) is 0 Å². The number of aliphatic hydroxyl groups is 1. The van der Waals surface area contributed by atoms with Gasteiger partial charge in [0, 0.05) is 15.7 Å². The Bertz CT molecular complexity index is 319. The predicted octanol–water partition coefficient (Wildman–Crippen LogP) is 3.98. The lowest BCUT2D eigenvalue weighted by Gasteiger charge is -2.16. The fraction of sp³-hybridized carbons (Fsp3) is 0.538. The van der Waals surface area contributed by atoms with E-state index in [2.05, 4.69) is 0 Å². The maximum Gasteiger partial charge on any atom is 0.0662 e. The van der Waals surface area contributed by atoms with Crippen LogP contribution < -0.4 is 0 Å². The maximum absolute atomic E-state index is 10.0. The van der Waals surface area contributed by atoms with Gasteiger partial charge in [0.2, 0.25) is 0 Å². The van der Waals surface area contributed by atoms with E-state index in [1.54, 1.807) is 11.8 Å². The van der Waals surface area contributed by atoms with Crippen LogP contribution in [0.5, 0.6) is 0 Å². The minimum Gasteiger partial charge on any atom is -0.392 e. The van der Waals surface area contributed by atoms with Crippen LogP contribution in [0.25, 0.3) is 0 Å². The minimum atomic E-state index is -0.150. The standard InChI is InChI=1S/C13H17ClOS/c14-11-5-7-12(8-6-11)16-9-13(15)10-3-1-2-4-10/h5-8,10,13,15H,1-4,9H2. The van der Waals surface area contributed by atoms with Crippen LogP contribution in [-0.4, -0.2) is 17.0 Å². The molecule has 1 fully saturated rings. The first kappa shape index (κ1) is 12.3. The Morgan fingerprint density at radius 1 is 1.25 bits per heavy atom. The molecule has 3 heteroatoms.